The number of hydrogen-bond acceptors (Lipinski definition) is 2. The number of furan rings is 1. The van der Waals surface area contributed by atoms with E-state index in [9.17, 15) is 0 Å². The predicted octanol–water partition coefficient (Wildman–Crippen LogP) is 5.19. The lowest BCUT2D eigenvalue weighted by Crippen LogP contribution is -2.24. The zero-order valence-electron chi connectivity index (χ0n) is 12.0. The Bertz CT molecular complexity index is 799. The van der Waals surface area contributed by atoms with Crippen molar-refractivity contribution in [3.63, 3.8) is 0 Å². The Labute approximate surface area is 124 Å². The first kappa shape index (κ1) is 11.7. The number of benzene rings is 2. The van der Waals surface area contributed by atoms with Gasteiger partial charge in [-0.15, -0.1) is 0 Å². The summed E-state index contributed by atoms with van der Waals surface area (Å²) >= 11 is 0. The molecule has 1 aromatic heterocycles. The summed E-state index contributed by atoms with van der Waals surface area (Å²) in [5.74, 6) is 1.82. The Hall–Kier alpha value is -1.96. The molecule has 0 radical (unpaired) electrons. The molecule has 2 aliphatic rings. The van der Waals surface area contributed by atoms with E-state index in [4.69, 9.17) is 4.42 Å². The normalized spacial score (nSPS) is 18.7. The molecule has 0 amide bonds. The van der Waals surface area contributed by atoms with Crippen LogP contribution in [0, 0.1) is 11.8 Å². The van der Waals surface area contributed by atoms with Crippen LogP contribution >= 0.6 is 0 Å². The molecule has 1 N–H and O–H groups in total. The first-order valence-corrected chi connectivity index (χ1v) is 8.06. The van der Waals surface area contributed by atoms with Crippen molar-refractivity contribution in [3.05, 3.63) is 42.5 Å². The smallest absolute Gasteiger partial charge is 0.135 e. The molecule has 0 spiro atoms. The van der Waals surface area contributed by atoms with Gasteiger partial charge in [0.15, 0.2) is 0 Å². The Morgan fingerprint density at radius 2 is 1.57 bits per heavy atom. The highest BCUT2D eigenvalue weighted by molar-refractivity contribution is 6.05. The second-order valence-corrected chi connectivity index (χ2v) is 6.65. The fourth-order valence-electron chi connectivity index (χ4n) is 3.54. The van der Waals surface area contributed by atoms with Crippen molar-refractivity contribution in [2.24, 2.45) is 11.8 Å². The molecule has 2 nitrogen and oxygen atoms in total. The van der Waals surface area contributed by atoms with Crippen molar-refractivity contribution in [1.29, 1.82) is 0 Å². The van der Waals surface area contributed by atoms with E-state index < -0.39 is 0 Å². The third kappa shape index (κ3) is 2.01. The van der Waals surface area contributed by atoms with E-state index in [1.54, 1.807) is 0 Å². The molecule has 2 heteroatoms. The molecule has 0 bridgehead atoms. The van der Waals surface area contributed by atoms with Crippen LogP contribution in [-0.2, 0) is 0 Å². The van der Waals surface area contributed by atoms with Crippen LogP contribution in [0.4, 0.5) is 5.69 Å². The number of hydrogen-bond donors (Lipinski definition) is 1. The number of nitrogens with one attached hydrogen (secondary N) is 1. The summed E-state index contributed by atoms with van der Waals surface area (Å²) in [5, 5.41) is 6.24. The Morgan fingerprint density at radius 3 is 2.33 bits per heavy atom. The Morgan fingerprint density at radius 1 is 0.857 bits per heavy atom. The van der Waals surface area contributed by atoms with Gasteiger partial charge in [0.1, 0.15) is 11.2 Å². The quantitative estimate of drug-likeness (QED) is 0.710. The molecule has 1 heterocycles. The van der Waals surface area contributed by atoms with Crippen LogP contribution in [0.2, 0.25) is 0 Å². The fourth-order valence-corrected chi connectivity index (χ4v) is 3.54. The molecule has 2 saturated carbocycles. The van der Waals surface area contributed by atoms with Gasteiger partial charge in [-0.25, -0.2) is 0 Å². The van der Waals surface area contributed by atoms with E-state index in [0.717, 1.165) is 23.0 Å². The van der Waals surface area contributed by atoms with Gasteiger partial charge in [-0.3, -0.25) is 0 Å². The molecule has 21 heavy (non-hydrogen) atoms. The lowest BCUT2D eigenvalue weighted by atomic mass is 10.1. The van der Waals surface area contributed by atoms with Gasteiger partial charge < -0.3 is 9.73 Å². The highest BCUT2D eigenvalue weighted by Gasteiger charge is 2.41. The summed E-state index contributed by atoms with van der Waals surface area (Å²) in [7, 11) is 0. The minimum atomic E-state index is 0.695. The minimum Gasteiger partial charge on any atom is -0.456 e. The van der Waals surface area contributed by atoms with Crippen LogP contribution in [0.3, 0.4) is 0 Å². The summed E-state index contributed by atoms with van der Waals surface area (Å²) in [5.41, 5.74) is 3.21. The predicted molar refractivity (Wildman–Crippen MR) is 86.6 cm³/mol. The summed E-state index contributed by atoms with van der Waals surface area (Å²) in [4.78, 5) is 0. The van der Waals surface area contributed by atoms with E-state index in [1.807, 2.05) is 12.1 Å². The second kappa shape index (κ2) is 4.27. The number of rotatable bonds is 4. The maximum Gasteiger partial charge on any atom is 0.135 e. The zero-order valence-corrected chi connectivity index (χ0v) is 12.0. The molecule has 2 fully saturated rings. The van der Waals surface area contributed by atoms with Crippen molar-refractivity contribution < 1.29 is 4.42 Å². The highest BCUT2D eigenvalue weighted by atomic mass is 16.3. The van der Waals surface area contributed by atoms with Gasteiger partial charge in [-0.1, -0.05) is 18.2 Å². The van der Waals surface area contributed by atoms with Crippen molar-refractivity contribution in [2.75, 3.05) is 5.32 Å². The minimum absolute atomic E-state index is 0.695. The molecule has 106 valence electrons. The third-order valence-corrected chi connectivity index (χ3v) is 4.97. The van der Waals surface area contributed by atoms with E-state index in [2.05, 4.69) is 35.6 Å². The molecular weight excluding hydrogens is 258 g/mol. The van der Waals surface area contributed by atoms with Crippen LogP contribution in [0.15, 0.2) is 46.9 Å². The summed E-state index contributed by atoms with van der Waals surface area (Å²) in [6.45, 7) is 0. The van der Waals surface area contributed by atoms with Crippen molar-refractivity contribution in [2.45, 2.75) is 31.7 Å². The first-order chi connectivity index (χ1) is 10.4. The van der Waals surface area contributed by atoms with Gasteiger partial charge in [0.25, 0.3) is 0 Å². The standard InChI is InChI=1S/C19H19NO/c1-2-4-17-15(3-1)16-11-14(9-10-18(16)21-17)20-19(12-5-6-12)13-7-8-13/h1-4,9-13,19-20H,5-8H2. The first-order valence-electron chi connectivity index (χ1n) is 8.06. The van der Waals surface area contributed by atoms with Gasteiger partial charge in [-0.05, 0) is 61.8 Å². The maximum absolute atomic E-state index is 5.90. The number of para-hydroxylation sites is 1. The maximum atomic E-state index is 5.90. The van der Waals surface area contributed by atoms with Crippen molar-refractivity contribution >= 4 is 27.6 Å². The molecular formula is C19H19NO. The second-order valence-electron chi connectivity index (χ2n) is 6.65. The molecule has 0 atom stereocenters. The molecule has 5 rings (SSSR count). The Balaban J connectivity index is 1.55. The van der Waals surface area contributed by atoms with Crippen LogP contribution in [0.1, 0.15) is 25.7 Å². The highest BCUT2D eigenvalue weighted by Crippen LogP contribution is 2.46. The van der Waals surface area contributed by atoms with Gasteiger partial charge >= 0.3 is 0 Å². The number of anilines is 1. The van der Waals surface area contributed by atoms with Gasteiger partial charge in [-0.2, -0.15) is 0 Å². The van der Waals surface area contributed by atoms with E-state index in [-0.39, 0.29) is 0 Å². The van der Waals surface area contributed by atoms with Crippen molar-refractivity contribution in [1.82, 2.24) is 0 Å². The Kier molecular flexibility index (Phi) is 2.37. The van der Waals surface area contributed by atoms with E-state index >= 15 is 0 Å². The van der Waals surface area contributed by atoms with Gasteiger partial charge in [0.05, 0.1) is 0 Å². The molecule has 2 aliphatic carbocycles. The number of fused-ring (bicyclic) bond motifs is 3. The van der Waals surface area contributed by atoms with Gasteiger partial charge in [0.2, 0.25) is 0 Å². The third-order valence-electron chi connectivity index (χ3n) is 4.97. The monoisotopic (exact) mass is 277 g/mol. The average Bonchev–Trinajstić information content (AvgIpc) is 3.41. The summed E-state index contributed by atoms with van der Waals surface area (Å²) < 4.78 is 5.90. The van der Waals surface area contributed by atoms with Gasteiger partial charge in [0, 0.05) is 22.5 Å². The lowest BCUT2D eigenvalue weighted by Gasteiger charge is -2.19. The topological polar surface area (TPSA) is 25.2 Å². The lowest BCUT2D eigenvalue weighted by molar-refractivity contribution is 0.568. The van der Waals surface area contributed by atoms with Crippen LogP contribution in [-0.4, -0.2) is 6.04 Å². The molecule has 2 aromatic carbocycles. The summed E-state index contributed by atoms with van der Waals surface area (Å²) in [6.07, 6.45) is 5.63. The van der Waals surface area contributed by atoms with E-state index in [0.29, 0.717) is 6.04 Å². The van der Waals surface area contributed by atoms with Crippen LogP contribution in [0.25, 0.3) is 21.9 Å². The fraction of sp³-hybridized carbons (Fsp3) is 0.368. The largest absolute Gasteiger partial charge is 0.456 e. The molecule has 3 aromatic rings. The van der Waals surface area contributed by atoms with Crippen molar-refractivity contribution in [3.8, 4) is 0 Å². The van der Waals surface area contributed by atoms with Crippen LogP contribution < -0.4 is 5.32 Å². The molecule has 0 unspecified atom stereocenters. The molecule has 0 aliphatic heterocycles. The molecule has 0 saturated heterocycles. The summed E-state index contributed by atoms with van der Waals surface area (Å²) in [6, 6.07) is 15.5. The van der Waals surface area contributed by atoms with Crippen LogP contribution in [0.5, 0.6) is 0 Å². The average molecular weight is 277 g/mol. The SMILES string of the molecule is c1ccc2c(c1)oc1ccc(NC(C3CC3)C3CC3)cc12. The zero-order chi connectivity index (χ0) is 13.8. The van der Waals surface area contributed by atoms with E-state index in [1.165, 1.54) is 42.1 Å².